The SMILES string of the molecule is CC(C)(C)NCC1CCCCCC1c1c(F)cccc1F. The third kappa shape index (κ3) is 4.50. The lowest BCUT2D eigenvalue weighted by Gasteiger charge is -2.30. The van der Waals surface area contributed by atoms with Crippen molar-refractivity contribution in [3.8, 4) is 0 Å². The fraction of sp³-hybridized carbons (Fsp3) is 0.667. The van der Waals surface area contributed by atoms with Gasteiger partial charge in [-0.05, 0) is 64.1 Å². The van der Waals surface area contributed by atoms with E-state index in [2.05, 4.69) is 26.1 Å². The third-order valence-corrected chi connectivity index (χ3v) is 4.42. The molecular weight excluding hydrogens is 268 g/mol. The normalized spacial score (nSPS) is 23.9. The number of hydrogen-bond donors (Lipinski definition) is 1. The fourth-order valence-corrected chi connectivity index (χ4v) is 3.31. The Hall–Kier alpha value is -0.960. The molecule has 3 heteroatoms. The van der Waals surface area contributed by atoms with Gasteiger partial charge in [0.05, 0.1) is 0 Å². The zero-order chi connectivity index (χ0) is 15.5. The molecule has 0 bridgehead atoms. The van der Waals surface area contributed by atoms with Crippen molar-refractivity contribution >= 4 is 0 Å². The minimum Gasteiger partial charge on any atom is -0.312 e. The zero-order valence-electron chi connectivity index (χ0n) is 13.4. The van der Waals surface area contributed by atoms with Crippen LogP contribution in [0.5, 0.6) is 0 Å². The van der Waals surface area contributed by atoms with E-state index < -0.39 is 0 Å². The number of rotatable bonds is 3. The predicted molar refractivity (Wildman–Crippen MR) is 83.4 cm³/mol. The maximum atomic E-state index is 14.2. The van der Waals surface area contributed by atoms with Crippen molar-refractivity contribution in [1.82, 2.24) is 5.32 Å². The number of benzene rings is 1. The van der Waals surface area contributed by atoms with Crippen LogP contribution in [0.1, 0.15) is 64.4 Å². The smallest absolute Gasteiger partial charge is 0.129 e. The summed E-state index contributed by atoms with van der Waals surface area (Å²) in [4.78, 5) is 0. The first-order chi connectivity index (χ1) is 9.88. The van der Waals surface area contributed by atoms with Crippen molar-refractivity contribution in [3.63, 3.8) is 0 Å². The summed E-state index contributed by atoms with van der Waals surface area (Å²) in [6, 6.07) is 4.22. The Balaban J connectivity index is 2.23. The summed E-state index contributed by atoms with van der Waals surface area (Å²) in [7, 11) is 0. The first-order valence-corrected chi connectivity index (χ1v) is 8.07. The molecule has 2 atom stereocenters. The molecule has 2 unspecified atom stereocenters. The van der Waals surface area contributed by atoms with Crippen molar-refractivity contribution in [3.05, 3.63) is 35.4 Å². The summed E-state index contributed by atoms with van der Waals surface area (Å²) < 4.78 is 28.3. The maximum absolute atomic E-state index is 14.2. The van der Waals surface area contributed by atoms with E-state index in [9.17, 15) is 8.78 Å². The zero-order valence-corrected chi connectivity index (χ0v) is 13.4. The van der Waals surface area contributed by atoms with Gasteiger partial charge in [-0.1, -0.05) is 25.3 Å². The molecule has 1 aromatic rings. The van der Waals surface area contributed by atoms with E-state index in [1.165, 1.54) is 24.6 Å². The van der Waals surface area contributed by atoms with Crippen LogP contribution in [0.4, 0.5) is 8.78 Å². The molecule has 2 rings (SSSR count). The molecule has 1 saturated carbocycles. The highest BCUT2D eigenvalue weighted by molar-refractivity contribution is 5.25. The van der Waals surface area contributed by atoms with Crippen LogP contribution in [0, 0.1) is 17.6 Å². The molecule has 1 aliphatic carbocycles. The first-order valence-electron chi connectivity index (χ1n) is 8.07. The van der Waals surface area contributed by atoms with Crippen molar-refractivity contribution in [2.24, 2.45) is 5.92 Å². The molecule has 0 aliphatic heterocycles. The number of hydrogen-bond acceptors (Lipinski definition) is 1. The summed E-state index contributed by atoms with van der Waals surface area (Å²) in [5.74, 6) is -0.480. The molecule has 0 radical (unpaired) electrons. The lowest BCUT2D eigenvalue weighted by atomic mass is 9.81. The van der Waals surface area contributed by atoms with E-state index >= 15 is 0 Å². The molecule has 0 amide bonds. The minimum absolute atomic E-state index is 0.0106. The Morgan fingerprint density at radius 3 is 2.29 bits per heavy atom. The number of nitrogens with one attached hydrogen (secondary N) is 1. The van der Waals surface area contributed by atoms with Crippen molar-refractivity contribution in [2.75, 3.05) is 6.54 Å². The van der Waals surface area contributed by atoms with E-state index in [4.69, 9.17) is 0 Å². The maximum Gasteiger partial charge on any atom is 0.129 e. The summed E-state index contributed by atoms with van der Waals surface area (Å²) in [6.45, 7) is 7.20. The monoisotopic (exact) mass is 295 g/mol. The van der Waals surface area contributed by atoms with Crippen LogP contribution >= 0.6 is 0 Å². The van der Waals surface area contributed by atoms with Gasteiger partial charge >= 0.3 is 0 Å². The predicted octanol–water partition coefficient (Wildman–Crippen LogP) is 5.02. The highest BCUT2D eigenvalue weighted by atomic mass is 19.1. The molecule has 1 N–H and O–H groups in total. The van der Waals surface area contributed by atoms with Gasteiger partial charge in [0, 0.05) is 11.1 Å². The molecule has 1 nitrogen and oxygen atoms in total. The summed E-state index contributed by atoms with van der Waals surface area (Å²) in [5, 5.41) is 3.51. The van der Waals surface area contributed by atoms with Gasteiger partial charge in [0.25, 0.3) is 0 Å². The minimum atomic E-state index is -0.386. The van der Waals surface area contributed by atoms with Crippen LogP contribution in [-0.4, -0.2) is 12.1 Å². The highest BCUT2D eigenvalue weighted by Gasteiger charge is 2.30. The van der Waals surface area contributed by atoms with Gasteiger partial charge in [-0.3, -0.25) is 0 Å². The molecule has 0 saturated heterocycles. The van der Waals surface area contributed by atoms with Gasteiger partial charge in [0.1, 0.15) is 11.6 Å². The lowest BCUT2D eigenvalue weighted by Crippen LogP contribution is -2.40. The largest absolute Gasteiger partial charge is 0.312 e. The van der Waals surface area contributed by atoms with Crippen LogP contribution in [0.2, 0.25) is 0 Å². The van der Waals surface area contributed by atoms with Gasteiger partial charge in [-0.15, -0.1) is 0 Å². The second-order valence-electron chi connectivity index (χ2n) is 7.27. The fourth-order valence-electron chi connectivity index (χ4n) is 3.31. The van der Waals surface area contributed by atoms with Gasteiger partial charge in [0.15, 0.2) is 0 Å². The van der Waals surface area contributed by atoms with Crippen LogP contribution < -0.4 is 5.32 Å². The molecule has 0 aromatic heterocycles. The third-order valence-electron chi connectivity index (χ3n) is 4.42. The van der Waals surface area contributed by atoms with Crippen LogP contribution in [-0.2, 0) is 0 Å². The van der Waals surface area contributed by atoms with Gasteiger partial charge in [0.2, 0.25) is 0 Å². The lowest BCUT2D eigenvalue weighted by molar-refractivity contribution is 0.313. The van der Waals surface area contributed by atoms with E-state index in [1.807, 2.05) is 0 Å². The average Bonchev–Trinajstić information content (AvgIpc) is 2.61. The van der Waals surface area contributed by atoms with Crippen LogP contribution in [0.25, 0.3) is 0 Å². The Labute approximate surface area is 127 Å². The molecule has 0 heterocycles. The van der Waals surface area contributed by atoms with E-state index in [1.54, 1.807) is 0 Å². The van der Waals surface area contributed by atoms with Gasteiger partial charge in [-0.25, -0.2) is 8.78 Å². The van der Waals surface area contributed by atoms with Crippen molar-refractivity contribution in [1.29, 1.82) is 0 Å². The molecule has 1 fully saturated rings. The van der Waals surface area contributed by atoms with Crippen LogP contribution in [0.15, 0.2) is 18.2 Å². The molecular formula is C18H27F2N. The van der Waals surface area contributed by atoms with Crippen LogP contribution in [0.3, 0.4) is 0 Å². The quantitative estimate of drug-likeness (QED) is 0.772. The Morgan fingerprint density at radius 2 is 1.67 bits per heavy atom. The highest BCUT2D eigenvalue weighted by Crippen LogP contribution is 2.38. The Kier molecular flexibility index (Phi) is 5.37. The van der Waals surface area contributed by atoms with Gasteiger partial charge in [-0.2, -0.15) is 0 Å². The second kappa shape index (κ2) is 6.87. The molecule has 1 aliphatic rings. The van der Waals surface area contributed by atoms with Crippen molar-refractivity contribution in [2.45, 2.75) is 64.3 Å². The average molecular weight is 295 g/mol. The first kappa shape index (κ1) is 16.4. The topological polar surface area (TPSA) is 12.0 Å². The molecule has 118 valence electrons. The van der Waals surface area contributed by atoms with Crippen molar-refractivity contribution < 1.29 is 8.78 Å². The van der Waals surface area contributed by atoms with E-state index in [-0.39, 0.29) is 23.1 Å². The van der Waals surface area contributed by atoms with Gasteiger partial charge < -0.3 is 5.32 Å². The molecule has 21 heavy (non-hydrogen) atoms. The number of halogens is 2. The molecule has 1 aromatic carbocycles. The van der Waals surface area contributed by atoms with E-state index in [0.717, 1.165) is 32.2 Å². The Morgan fingerprint density at radius 1 is 1.05 bits per heavy atom. The molecule has 0 spiro atoms. The Bertz CT molecular complexity index is 445. The standard InChI is InChI=1S/C18H27F2N/c1-18(2,3)21-12-13-8-5-4-6-9-14(13)17-15(19)10-7-11-16(17)20/h7,10-11,13-14,21H,4-6,8-9,12H2,1-3H3. The summed E-state index contributed by atoms with van der Waals surface area (Å²) in [5.41, 5.74) is 0.338. The summed E-state index contributed by atoms with van der Waals surface area (Å²) >= 11 is 0. The summed E-state index contributed by atoms with van der Waals surface area (Å²) in [6.07, 6.45) is 5.31. The second-order valence-corrected chi connectivity index (χ2v) is 7.27. The van der Waals surface area contributed by atoms with E-state index in [0.29, 0.717) is 11.5 Å².